The summed E-state index contributed by atoms with van der Waals surface area (Å²) in [4.78, 5) is 0. The van der Waals surface area contributed by atoms with Crippen molar-refractivity contribution in [3.8, 4) is 11.1 Å². The Morgan fingerprint density at radius 3 is 1.58 bits per heavy atom. The molecule has 0 N–H and O–H groups in total. The van der Waals surface area contributed by atoms with Crippen LogP contribution in [0.4, 0.5) is 0 Å². The first-order valence-corrected chi connectivity index (χ1v) is 22.6. The van der Waals surface area contributed by atoms with Crippen LogP contribution in [0.2, 0.25) is 10.0 Å². The lowest BCUT2D eigenvalue weighted by atomic mass is 10.0. The fraction of sp³-hybridized carbons (Fsp3) is 0.143. The molecule has 0 aliphatic heterocycles. The van der Waals surface area contributed by atoms with Gasteiger partial charge in [-0.25, -0.2) is 0 Å². The molecule has 4 aromatic rings. The molecule has 10 heteroatoms. The first kappa shape index (κ1) is 31.2. The third-order valence-corrected chi connectivity index (χ3v) is 18.4. The average molecular weight is 688 g/mol. The van der Waals surface area contributed by atoms with Gasteiger partial charge in [-0.15, -0.1) is 0 Å². The summed E-state index contributed by atoms with van der Waals surface area (Å²) in [7, 11) is 14.8. The highest BCUT2D eigenvalue weighted by atomic mass is 35.5. The Kier molecular flexibility index (Phi) is 14.7. The van der Waals surface area contributed by atoms with E-state index in [-0.39, 0.29) is 0 Å². The predicted octanol–water partition coefficient (Wildman–Crippen LogP) is 13.4. The van der Waals surface area contributed by atoms with Gasteiger partial charge in [-0.3, -0.25) is 0 Å². The Morgan fingerprint density at radius 1 is 0.447 bits per heavy atom. The van der Waals surface area contributed by atoms with Crippen molar-refractivity contribution in [2.45, 2.75) is 23.0 Å². The molecule has 0 aromatic heterocycles. The molecule has 0 nitrogen and oxygen atoms in total. The summed E-state index contributed by atoms with van der Waals surface area (Å²) >= 11 is 12.6. The lowest BCUT2D eigenvalue weighted by Gasteiger charge is -2.10. The molecule has 0 spiro atoms. The summed E-state index contributed by atoms with van der Waals surface area (Å²) in [6, 6.07) is 33.8. The molecule has 0 amide bonds. The maximum absolute atomic E-state index is 6.62. The van der Waals surface area contributed by atoms with Crippen molar-refractivity contribution in [3.63, 3.8) is 0 Å². The van der Waals surface area contributed by atoms with Crippen molar-refractivity contribution in [2.24, 2.45) is 0 Å². The van der Waals surface area contributed by atoms with Gasteiger partial charge in [0.05, 0.1) is 0 Å². The Balaban J connectivity index is 1.19. The number of hydrogen-bond acceptors (Lipinski definition) is 8. The van der Waals surface area contributed by atoms with Crippen molar-refractivity contribution in [1.29, 1.82) is 0 Å². The minimum Gasteiger partial charge on any atom is -0.0843 e. The maximum Gasteiger partial charge on any atom is 0.0484 e. The van der Waals surface area contributed by atoms with Crippen LogP contribution in [0.15, 0.2) is 97.1 Å². The van der Waals surface area contributed by atoms with Crippen LogP contribution in [-0.4, -0.2) is 0 Å². The van der Waals surface area contributed by atoms with Crippen molar-refractivity contribution in [1.82, 2.24) is 0 Å². The monoisotopic (exact) mass is 686 g/mol. The summed E-state index contributed by atoms with van der Waals surface area (Å²) in [6.45, 7) is 0. The zero-order chi connectivity index (χ0) is 26.4. The van der Waals surface area contributed by atoms with E-state index >= 15 is 0 Å². The maximum atomic E-state index is 6.62. The van der Waals surface area contributed by atoms with Gasteiger partial charge in [0.2, 0.25) is 0 Å². The molecule has 0 radical (unpaired) electrons. The molecule has 0 fully saturated rings. The molecule has 0 saturated heterocycles. The van der Waals surface area contributed by atoms with Gasteiger partial charge in [0, 0.05) is 38.6 Å². The number of benzene rings is 4. The standard InChI is InChI=1S/C28H24Cl2S8/c29-26-12-9-22(10-13-26)18-32-36-38-34-20-24-11-14-28(30)27(16-24)25-8-4-7-23(15-25)19-33-37-35-31-17-21-5-2-1-3-6-21/h1-16H,17-20H2. The van der Waals surface area contributed by atoms with Gasteiger partial charge in [0.25, 0.3) is 0 Å². The van der Waals surface area contributed by atoms with Gasteiger partial charge in [-0.2, -0.15) is 0 Å². The molecule has 198 valence electrons. The molecule has 0 heterocycles. The second-order valence-electron chi connectivity index (χ2n) is 7.95. The van der Waals surface area contributed by atoms with Crippen molar-refractivity contribution >= 4 is 106 Å². The molecule has 4 rings (SSSR count). The van der Waals surface area contributed by atoms with Crippen LogP contribution in [0.25, 0.3) is 11.1 Å². The minimum absolute atomic E-state index is 0.784. The number of halogens is 2. The zero-order valence-electron chi connectivity index (χ0n) is 20.1. The summed E-state index contributed by atoms with van der Waals surface area (Å²) in [5.74, 6) is 3.90. The molecule has 0 atom stereocenters. The lowest BCUT2D eigenvalue weighted by molar-refractivity contribution is 1.40. The van der Waals surface area contributed by atoms with E-state index in [4.69, 9.17) is 23.2 Å². The lowest BCUT2D eigenvalue weighted by Crippen LogP contribution is -1.86. The van der Waals surface area contributed by atoms with Crippen molar-refractivity contribution in [2.75, 3.05) is 0 Å². The third-order valence-electron chi connectivity index (χ3n) is 5.18. The Labute approximate surface area is 266 Å². The van der Waals surface area contributed by atoms with Crippen LogP contribution in [-0.2, 0) is 23.0 Å². The van der Waals surface area contributed by atoms with E-state index < -0.39 is 0 Å². The van der Waals surface area contributed by atoms with E-state index in [0.717, 1.165) is 38.6 Å². The molecule has 0 saturated carbocycles. The van der Waals surface area contributed by atoms with E-state index in [1.165, 1.54) is 27.8 Å². The summed E-state index contributed by atoms with van der Waals surface area (Å²) < 4.78 is 0. The molecule has 38 heavy (non-hydrogen) atoms. The molecule has 0 bridgehead atoms. The first-order valence-electron chi connectivity index (χ1n) is 11.5. The highest BCUT2D eigenvalue weighted by molar-refractivity contribution is 9.26. The van der Waals surface area contributed by atoms with Gasteiger partial charge < -0.3 is 0 Å². The van der Waals surface area contributed by atoms with Gasteiger partial charge in [0.15, 0.2) is 0 Å². The molecular weight excluding hydrogens is 664 g/mol. The van der Waals surface area contributed by atoms with Crippen LogP contribution >= 0.6 is 106 Å². The largest absolute Gasteiger partial charge is 0.0843 e. The predicted molar refractivity (Wildman–Crippen MR) is 190 cm³/mol. The molecule has 4 aromatic carbocycles. The van der Waals surface area contributed by atoms with E-state index in [2.05, 4.69) is 78.9 Å². The summed E-state index contributed by atoms with van der Waals surface area (Å²) in [6.07, 6.45) is 0. The second-order valence-corrected chi connectivity index (χ2v) is 20.8. The Morgan fingerprint density at radius 2 is 0.947 bits per heavy atom. The molecular formula is C28H24Cl2S8. The number of rotatable bonds is 15. The highest BCUT2D eigenvalue weighted by Crippen LogP contribution is 2.47. The number of hydrogen-bond donors (Lipinski definition) is 0. The zero-order valence-corrected chi connectivity index (χ0v) is 28.1. The van der Waals surface area contributed by atoms with Crippen molar-refractivity contribution in [3.05, 3.63) is 129 Å². The first-order chi connectivity index (χ1) is 18.7. The fourth-order valence-corrected chi connectivity index (χ4v) is 15.4. The smallest absolute Gasteiger partial charge is 0.0484 e. The normalized spacial score (nSPS) is 11.1. The van der Waals surface area contributed by atoms with E-state index in [1.54, 1.807) is 0 Å². The average Bonchev–Trinajstić information content (AvgIpc) is 2.95. The van der Waals surface area contributed by atoms with Gasteiger partial charge >= 0.3 is 0 Å². The topological polar surface area (TPSA) is 0 Å². The van der Waals surface area contributed by atoms with Crippen LogP contribution < -0.4 is 0 Å². The van der Waals surface area contributed by atoms with E-state index in [1.807, 2.05) is 101 Å². The fourth-order valence-electron chi connectivity index (χ4n) is 3.31. The van der Waals surface area contributed by atoms with Crippen molar-refractivity contribution < 1.29 is 0 Å². The molecule has 0 aliphatic rings. The van der Waals surface area contributed by atoms with E-state index in [9.17, 15) is 0 Å². The summed E-state index contributed by atoms with van der Waals surface area (Å²) in [5.41, 5.74) is 7.54. The van der Waals surface area contributed by atoms with E-state index in [0.29, 0.717) is 0 Å². The van der Waals surface area contributed by atoms with Gasteiger partial charge in [-0.05, 0) is 91.4 Å². The van der Waals surface area contributed by atoms with Crippen LogP contribution in [0, 0.1) is 0 Å². The molecule has 0 unspecified atom stereocenters. The minimum atomic E-state index is 0.784. The molecule has 0 aliphatic carbocycles. The second kappa shape index (κ2) is 17.9. The Hall–Kier alpha value is 0.260. The third kappa shape index (κ3) is 11.3. The van der Waals surface area contributed by atoms with Crippen LogP contribution in [0.1, 0.15) is 22.3 Å². The highest BCUT2D eigenvalue weighted by Gasteiger charge is 2.08. The quantitative estimate of drug-likeness (QED) is 0.0883. The Bertz CT molecular complexity index is 1260. The SMILES string of the molecule is Clc1ccc(CSSSSCc2ccc(Cl)c(-c3cccc(CSSSSCc4ccccc4)c3)c2)cc1. The van der Waals surface area contributed by atoms with Gasteiger partial charge in [0.1, 0.15) is 0 Å². The van der Waals surface area contributed by atoms with Crippen LogP contribution in [0.5, 0.6) is 0 Å². The summed E-state index contributed by atoms with van der Waals surface area (Å²) in [5, 5.41) is 1.58. The van der Waals surface area contributed by atoms with Crippen LogP contribution in [0.3, 0.4) is 0 Å². The van der Waals surface area contributed by atoms with Gasteiger partial charge in [-0.1, -0.05) is 139 Å².